The van der Waals surface area contributed by atoms with E-state index in [0.29, 0.717) is 18.5 Å². The molecule has 3 aliphatic heterocycles. The van der Waals surface area contributed by atoms with Gasteiger partial charge in [-0.15, -0.1) is 0 Å². The van der Waals surface area contributed by atoms with Gasteiger partial charge in [-0.3, -0.25) is 19.2 Å². The Hall–Kier alpha value is -3.99. The summed E-state index contributed by atoms with van der Waals surface area (Å²) in [5.41, 5.74) is 0.406. The van der Waals surface area contributed by atoms with Crippen LogP contribution in [0.25, 0.3) is 11.1 Å². The number of carboxylic acid groups (broad SMARTS) is 1. The molecule has 3 amide bonds. The van der Waals surface area contributed by atoms with Crippen molar-refractivity contribution in [3.63, 3.8) is 0 Å². The Balaban J connectivity index is 1.27. The molecule has 1 aromatic heterocycles. The highest BCUT2D eigenvalue weighted by molar-refractivity contribution is 7.08. The maximum Gasteiger partial charge on any atom is 0.330 e. The van der Waals surface area contributed by atoms with Crippen molar-refractivity contribution in [1.82, 2.24) is 15.1 Å². The third-order valence-corrected chi connectivity index (χ3v) is 10.9. The molecule has 4 aliphatic rings. The molecule has 2 aromatic rings. The predicted molar refractivity (Wildman–Crippen MR) is 181 cm³/mol. The average molecular weight is 676 g/mol. The molecule has 1 aromatic carbocycles. The fraction of sp³-hybridized carbons (Fsp3) is 0.541. The molecule has 10 nitrogen and oxygen atoms in total. The molecule has 2 saturated heterocycles. The van der Waals surface area contributed by atoms with Gasteiger partial charge in [-0.1, -0.05) is 37.1 Å². The summed E-state index contributed by atoms with van der Waals surface area (Å²) >= 11 is 1.59. The van der Waals surface area contributed by atoms with Crippen molar-refractivity contribution in [2.24, 2.45) is 23.7 Å². The number of hydrogen-bond donors (Lipinski definition) is 2. The van der Waals surface area contributed by atoms with E-state index in [4.69, 9.17) is 4.74 Å². The summed E-state index contributed by atoms with van der Waals surface area (Å²) in [5.74, 6) is -4.07. The molecule has 11 heteroatoms. The number of carboxylic acids is 1. The average Bonchev–Trinajstić information content (AvgIpc) is 3.40. The highest BCUT2D eigenvalue weighted by Gasteiger charge is 2.62. The minimum Gasteiger partial charge on any atom is -0.479 e. The number of aliphatic carboxylic acids is 1. The van der Waals surface area contributed by atoms with Crippen molar-refractivity contribution in [2.45, 2.75) is 82.9 Å². The summed E-state index contributed by atoms with van der Waals surface area (Å²) in [6.45, 7) is 6.23. The number of nitrogens with zero attached hydrogens (tertiary/aromatic N) is 2. The topological polar surface area (TPSA) is 133 Å². The maximum atomic E-state index is 14.4. The molecule has 6 rings (SSSR count). The normalized spacial score (nSPS) is 29.9. The number of fused-ring (bicyclic) bond motifs is 4. The second kappa shape index (κ2) is 13.5. The first-order chi connectivity index (χ1) is 22.9. The summed E-state index contributed by atoms with van der Waals surface area (Å²) in [7, 11) is 0. The van der Waals surface area contributed by atoms with Crippen LogP contribution < -0.4 is 5.32 Å². The van der Waals surface area contributed by atoms with Gasteiger partial charge in [0.1, 0.15) is 17.2 Å². The monoisotopic (exact) mass is 675 g/mol. The maximum absolute atomic E-state index is 14.4. The van der Waals surface area contributed by atoms with Crippen LogP contribution in [0.5, 0.6) is 0 Å². The van der Waals surface area contributed by atoms with Crippen LogP contribution in [0.1, 0.15) is 76.1 Å². The standard InChI is InChI=1S/C37H45N3O7S/c1-36(2,3)47-30(41)17-25-10-7-5-4-6-8-13-28-18-37(28,35(45)46)38-32(42)31-29-21-39(19-27(29)20-40(31)34(25)44)33(43)24-12-9-11-23(16-24)26-14-15-48-22-26/h8-9,11-16,22,25,27-29,31H,4-7,10,17-21H2,1-3H3,(H,38,42)(H,45,46)/b13-8-/t25-,27-,28+,29-,31-,37+/m0/s1. The van der Waals surface area contributed by atoms with Crippen molar-refractivity contribution >= 4 is 41.0 Å². The number of likely N-dealkylation sites (tertiary alicyclic amines) is 1. The quantitative estimate of drug-likeness (QED) is 0.331. The molecule has 0 unspecified atom stereocenters. The zero-order chi connectivity index (χ0) is 34.2. The van der Waals surface area contributed by atoms with Crippen molar-refractivity contribution in [2.75, 3.05) is 19.6 Å². The van der Waals surface area contributed by atoms with E-state index in [1.165, 1.54) is 0 Å². The van der Waals surface area contributed by atoms with E-state index in [9.17, 15) is 29.1 Å². The SMILES string of the molecule is CC(C)(C)OC(=O)C[C@@H]1CCCCC/C=C\[C@@H]2C[C@@]2(C(=O)O)NC(=O)[C@@H]2[C@H]3CN(C(=O)c4cccc(-c5ccsc5)c4)C[C@H]3CN2C1=O. The van der Waals surface area contributed by atoms with E-state index < -0.39 is 40.9 Å². The molecule has 1 aliphatic carbocycles. The first kappa shape index (κ1) is 33.9. The molecule has 2 N–H and O–H groups in total. The number of esters is 1. The van der Waals surface area contributed by atoms with Gasteiger partial charge in [0, 0.05) is 48.9 Å². The van der Waals surface area contributed by atoms with Gasteiger partial charge in [0.05, 0.1) is 6.42 Å². The fourth-order valence-electron chi connectivity index (χ4n) is 7.70. The van der Waals surface area contributed by atoms with Crippen LogP contribution in [0.2, 0.25) is 0 Å². The van der Waals surface area contributed by atoms with Gasteiger partial charge < -0.3 is 25.0 Å². The van der Waals surface area contributed by atoms with Crippen LogP contribution in [0.15, 0.2) is 53.2 Å². The number of hydrogen-bond acceptors (Lipinski definition) is 7. The van der Waals surface area contributed by atoms with Crippen LogP contribution in [0.3, 0.4) is 0 Å². The van der Waals surface area contributed by atoms with E-state index in [1.54, 1.807) is 48.0 Å². The Kier molecular flexibility index (Phi) is 9.53. The van der Waals surface area contributed by atoms with Crippen molar-refractivity contribution in [3.05, 3.63) is 58.8 Å². The zero-order valence-electron chi connectivity index (χ0n) is 27.9. The van der Waals surface area contributed by atoms with E-state index >= 15 is 0 Å². The molecule has 1 saturated carbocycles. The number of carbonyl (C=O) groups excluding carboxylic acids is 4. The van der Waals surface area contributed by atoms with Gasteiger partial charge in [-0.2, -0.15) is 11.3 Å². The van der Waals surface area contributed by atoms with Crippen LogP contribution in [-0.4, -0.2) is 81.4 Å². The van der Waals surface area contributed by atoms with Gasteiger partial charge in [-0.25, -0.2) is 4.79 Å². The molecule has 3 fully saturated rings. The summed E-state index contributed by atoms with van der Waals surface area (Å²) in [5, 5.41) is 17.1. The van der Waals surface area contributed by atoms with Crippen LogP contribution in [0.4, 0.5) is 0 Å². The molecule has 0 radical (unpaired) electrons. The largest absolute Gasteiger partial charge is 0.479 e. The Bertz CT molecular complexity index is 1600. The third-order valence-electron chi connectivity index (χ3n) is 10.2. The summed E-state index contributed by atoms with van der Waals surface area (Å²) in [6.07, 6.45) is 7.77. The van der Waals surface area contributed by atoms with Crippen molar-refractivity contribution in [1.29, 1.82) is 0 Å². The summed E-state index contributed by atoms with van der Waals surface area (Å²) in [4.78, 5) is 71.2. The highest BCUT2D eigenvalue weighted by Crippen LogP contribution is 2.46. The lowest BCUT2D eigenvalue weighted by molar-refractivity contribution is -0.159. The van der Waals surface area contributed by atoms with Crippen LogP contribution in [-0.2, 0) is 23.9 Å². The lowest BCUT2D eigenvalue weighted by Gasteiger charge is -2.32. The number of benzene rings is 1. The van der Waals surface area contributed by atoms with E-state index in [1.807, 2.05) is 47.2 Å². The molecule has 4 heterocycles. The second-order valence-corrected chi connectivity index (χ2v) is 15.6. The molecule has 6 atom stereocenters. The fourth-order valence-corrected chi connectivity index (χ4v) is 8.36. The number of thiophene rings is 1. The number of nitrogens with one attached hydrogen (secondary N) is 1. The smallest absolute Gasteiger partial charge is 0.330 e. The predicted octanol–water partition coefficient (Wildman–Crippen LogP) is 5.14. The minimum atomic E-state index is -1.42. The first-order valence-corrected chi connectivity index (χ1v) is 18.0. The Morgan fingerprint density at radius 1 is 1.06 bits per heavy atom. The number of carbonyl (C=O) groups is 5. The van der Waals surface area contributed by atoms with Gasteiger partial charge in [0.25, 0.3) is 5.91 Å². The molecule has 0 bridgehead atoms. The van der Waals surface area contributed by atoms with Gasteiger partial charge in [-0.05, 0) is 86.5 Å². The van der Waals surface area contributed by atoms with E-state index in [2.05, 4.69) is 5.32 Å². The minimum absolute atomic E-state index is 0.0948. The highest BCUT2D eigenvalue weighted by atomic mass is 32.1. The number of amides is 3. The zero-order valence-corrected chi connectivity index (χ0v) is 28.7. The van der Waals surface area contributed by atoms with Crippen molar-refractivity contribution < 1.29 is 33.8 Å². The molecule has 48 heavy (non-hydrogen) atoms. The Morgan fingerprint density at radius 2 is 1.88 bits per heavy atom. The molecule has 0 spiro atoms. The Morgan fingerprint density at radius 3 is 2.60 bits per heavy atom. The number of ether oxygens (including phenoxy) is 1. The number of allylic oxidation sites excluding steroid dienone is 1. The van der Waals surface area contributed by atoms with E-state index in [-0.39, 0.29) is 55.5 Å². The Labute approximate surface area is 285 Å². The molecular weight excluding hydrogens is 630 g/mol. The summed E-state index contributed by atoms with van der Waals surface area (Å²) in [6, 6.07) is 8.54. The first-order valence-electron chi connectivity index (χ1n) is 17.0. The van der Waals surface area contributed by atoms with Crippen LogP contribution >= 0.6 is 11.3 Å². The lowest BCUT2D eigenvalue weighted by Crippen LogP contribution is -2.56. The summed E-state index contributed by atoms with van der Waals surface area (Å²) < 4.78 is 5.59. The lowest BCUT2D eigenvalue weighted by atomic mass is 9.92. The van der Waals surface area contributed by atoms with Crippen molar-refractivity contribution in [3.8, 4) is 11.1 Å². The molecule has 256 valence electrons. The third kappa shape index (κ3) is 7.06. The van der Waals surface area contributed by atoms with Gasteiger partial charge in [0.2, 0.25) is 11.8 Å². The van der Waals surface area contributed by atoms with Gasteiger partial charge in [0.15, 0.2) is 0 Å². The van der Waals surface area contributed by atoms with Crippen LogP contribution in [0, 0.1) is 23.7 Å². The van der Waals surface area contributed by atoms with Gasteiger partial charge >= 0.3 is 11.9 Å². The number of rotatable bonds is 5. The van der Waals surface area contributed by atoms with E-state index in [0.717, 1.165) is 36.8 Å². The second-order valence-electron chi connectivity index (χ2n) is 14.8. The molecular formula is C37H45N3O7S.